The van der Waals surface area contributed by atoms with Crippen LogP contribution in [0.4, 0.5) is 5.00 Å². The fourth-order valence-corrected chi connectivity index (χ4v) is 5.02. The Kier molecular flexibility index (Phi) is 7.68. The van der Waals surface area contributed by atoms with E-state index in [4.69, 9.17) is 0 Å². The van der Waals surface area contributed by atoms with Gasteiger partial charge in [-0.05, 0) is 45.9 Å². The molecule has 2 aromatic rings. The van der Waals surface area contributed by atoms with Crippen LogP contribution in [0, 0.1) is 20.8 Å². The molecule has 156 valence electrons. The first-order valence-corrected chi connectivity index (χ1v) is 11.1. The second kappa shape index (κ2) is 9.40. The number of rotatable bonds is 4. The van der Waals surface area contributed by atoms with Crippen molar-refractivity contribution in [2.75, 3.05) is 39.8 Å². The monoisotopic (exact) mass is 402 g/mol. The first-order chi connectivity index (χ1) is 13.2. The van der Waals surface area contributed by atoms with Gasteiger partial charge in [-0.1, -0.05) is 43.7 Å². The van der Waals surface area contributed by atoms with Gasteiger partial charge in [0.15, 0.2) is 0 Å². The molecular weight excluding hydrogens is 364 g/mol. The maximum Gasteiger partial charge on any atom is 0.0989 e. The number of anilines is 1. The largest absolute Gasteiger partial charge is 0.333 e. The lowest BCUT2D eigenvalue weighted by molar-refractivity contribution is 0.0103. The van der Waals surface area contributed by atoms with Crippen molar-refractivity contribution in [2.45, 2.75) is 53.8 Å². The molecule has 4 nitrogen and oxygen atoms in total. The standard InChI is InChI=1S/C21H32N4S.C2H6/c1-14-9-11-18(12-10-14)20-19-15(2)16(3)26-21(19)25(13-23(20)7)17(4)24(8)22(5)6;1-2/h9-12,17,20H,13H2,1-8H3;1-2H3. The number of aryl methyl sites for hydroxylation is 2. The van der Waals surface area contributed by atoms with Gasteiger partial charge in [-0.3, -0.25) is 4.90 Å². The number of hydrazine groups is 1. The molecule has 1 aliphatic heterocycles. The minimum Gasteiger partial charge on any atom is -0.333 e. The van der Waals surface area contributed by atoms with Crippen molar-refractivity contribution < 1.29 is 0 Å². The van der Waals surface area contributed by atoms with Crippen molar-refractivity contribution in [3.63, 3.8) is 0 Å². The molecule has 0 N–H and O–H groups in total. The van der Waals surface area contributed by atoms with E-state index in [0.29, 0.717) is 12.2 Å². The summed E-state index contributed by atoms with van der Waals surface area (Å²) in [5, 5.41) is 5.86. The average molecular weight is 403 g/mol. The summed E-state index contributed by atoms with van der Waals surface area (Å²) >= 11 is 1.94. The highest BCUT2D eigenvalue weighted by atomic mass is 32.1. The highest BCUT2D eigenvalue weighted by Crippen LogP contribution is 2.47. The van der Waals surface area contributed by atoms with Gasteiger partial charge in [-0.2, -0.15) is 0 Å². The van der Waals surface area contributed by atoms with Crippen LogP contribution in [0.3, 0.4) is 0 Å². The van der Waals surface area contributed by atoms with Gasteiger partial charge in [0.05, 0.1) is 23.9 Å². The first kappa shape index (κ1) is 22.9. The molecule has 0 aliphatic carbocycles. The van der Waals surface area contributed by atoms with Gasteiger partial charge in [0, 0.05) is 31.6 Å². The predicted molar refractivity (Wildman–Crippen MR) is 124 cm³/mol. The van der Waals surface area contributed by atoms with E-state index in [9.17, 15) is 0 Å². The molecule has 0 radical (unpaired) electrons. The maximum absolute atomic E-state index is 2.53. The zero-order valence-electron chi connectivity index (χ0n) is 19.4. The summed E-state index contributed by atoms with van der Waals surface area (Å²) in [6.45, 7) is 13.9. The van der Waals surface area contributed by atoms with E-state index in [-0.39, 0.29) is 0 Å². The SMILES string of the molecule is CC.Cc1ccc(C2c3c(sc(C)c3C)N(C(C)N(C)N(C)C)CN2C)cc1. The van der Waals surface area contributed by atoms with Gasteiger partial charge in [-0.15, -0.1) is 11.3 Å². The summed E-state index contributed by atoms with van der Waals surface area (Å²) in [5.41, 5.74) is 5.61. The Morgan fingerprint density at radius 2 is 1.61 bits per heavy atom. The minimum absolute atomic E-state index is 0.294. The van der Waals surface area contributed by atoms with Gasteiger partial charge in [0.1, 0.15) is 0 Å². The molecule has 5 heteroatoms. The van der Waals surface area contributed by atoms with Crippen LogP contribution in [-0.2, 0) is 0 Å². The number of benzene rings is 1. The van der Waals surface area contributed by atoms with Crippen LogP contribution in [0.1, 0.15) is 53.9 Å². The molecule has 0 spiro atoms. The lowest BCUT2D eigenvalue weighted by Gasteiger charge is -2.46. The summed E-state index contributed by atoms with van der Waals surface area (Å²) in [4.78, 5) is 6.43. The predicted octanol–water partition coefficient (Wildman–Crippen LogP) is 5.25. The lowest BCUT2D eigenvalue weighted by atomic mass is 9.93. The smallest absolute Gasteiger partial charge is 0.0989 e. The van der Waals surface area contributed by atoms with E-state index in [1.165, 1.54) is 32.1 Å². The highest BCUT2D eigenvalue weighted by Gasteiger charge is 2.37. The maximum atomic E-state index is 2.53. The molecule has 2 atom stereocenters. The molecule has 0 saturated carbocycles. The van der Waals surface area contributed by atoms with E-state index < -0.39 is 0 Å². The molecule has 28 heavy (non-hydrogen) atoms. The Hall–Kier alpha value is -1.40. The zero-order valence-corrected chi connectivity index (χ0v) is 20.2. The highest BCUT2D eigenvalue weighted by molar-refractivity contribution is 7.16. The second-order valence-corrected chi connectivity index (χ2v) is 8.94. The summed E-state index contributed by atoms with van der Waals surface area (Å²) in [7, 11) is 8.61. The van der Waals surface area contributed by atoms with Crippen LogP contribution >= 0.6 is 11.3 Å². The molecule has 1 aliphatic rings. The van der Waals surface area contributed by atoms with Crippen LogP contribution in [0.2, 0.25) is 0 Å². The molecule has 0 amide bonds. The van der Waals surface area contributed by atoms with E-state index in [0.717, 1.165) is 6.67 Å². The Balaban J connectivity index is 0.00000136. The van der Waals surface area contributed by atoms with Crippen molar-refractivity contribution in [3.8, 4) is 0 Å². The van der Waals surface area contributed by atoms with Crippen LogP contribution < -0.4 is 4.90 Å². The Bertz CT molecular complexity index is 766. The van der Waals surface area contributed by atoms with Crippen LogP contribution in [-0.4, -0.2) is 55.9 Å². The molecule has 0 saturated heterocycles. The van der Waals surface area contributed by atoms with Crippen molar-refractivity contribution in [2.24, 2.45) is 0 Å². The van der Waals surface area contributed by atoms with E-state index >= 15 is 0 Å². The van der Waals surface area contributed by atoms with Gasteiger partial charge in [0.2, 0.25) is 0 Å². The van der Waals surface area contributed by atoms with Crippen molar-refractivity contribution in [1.82, 2.24) is 14.9 Å². The van der Waals surface area contributed by atoms with Gasteiger partial charge < -0.3 is 4.90 Å². The van der Waals surface area contributed by atoms with Crippen LogP contribution in [0.5, 0.6) is 0 Å². The summed E-state index contributed by atoms with van der Waals surface area (Å²) in [6.07, 6.45) is 0.294. The molecule has 0 bridgehead atoms. The molecule has 1 aromatic heterocycles. The van der Waals surface area contributed by atoms with Crippen molar-refractivity contribution in [3.05, 3.63) is 51.4 Å². The van der Waals surface area contributed by atoms with Crippen molar-refractivity contribution in [1.29, 1.82) is 0 Å². The number of thiophene rings is 1. The topological polar surface area (TPSA) is 13.0 Å². The molecule has 2 unspecified atom stereocenters. The van der Waals surface area contributed by atoms with Crippen LogP contribution in [0.15, 0.2) is 24.3 Å². The molecule has 0 fully saturated rings. The van der Waals surface area contributed by atoms with E-state index in [2.05, 4.69) is 100.0 Å². The molecule has 3 rings (SSSR count). The number of hydrogen-bond acceptors (Lipinski definition) is 5. The number of nitrogens with zero attached hydrogens (tertiary/aromatic N) is 4. The second-order valence-electron chi connectivity index (χ2n) is 7.74. The van der Waals surface area contributed by atoms with Crippen molar-refractivity contribution >= 4 is 16.3 Å². The van der Waals surface area contributed by atoms with E-state index in [1.807, 2.05) is 25.2 Å². The summed E-state index contributed by atoms with van der Waals surface area (Å²) in [5.74, 6) is 0. The number of hydrogen-bond donors (Lipinski definition) is 0. The van der Waals surface area contributed by atoms with Crippen LogP contribution in [0.25, 0.3) is 0 Å². The third kappa shape index (κ3) is 4.28. The molecule has 2 heterocycles. The fourth-order valence-electron chi connectivity index (χ4n) is 3.76. The third-order valence-electron chi connectivity index (χ3n) is 5.78. The van der Waals surface area contributed by atoms with E-state index in [1.54, 1.807) is 0 Å². The normalized spacial score (nSPS) is 18.1. The Morgan fingerprint density at radius 3 is 2.14 bits per heavy atom. The Labute approximate surface area is 176 Å². The summed E-state index contributed by atoms with van der Waals surface area (Å²) in [6, 6.07) is 9.36. The fraction of sp³-hybridized carbons (Fsp3) is 0.565. The van der Waals surface area contributed by atoms with Gasteiger partial charge in [-0.25, -0.2) is 10.0 Å². The van der Waals surface area contributed by atoms with Gasteiger partial charge in [0.25, 0.3) is 0 Å². The third-order valence-corrected chi connectivity index (χ3v) is 7.04. The quantitative estimate of drug-likeness (QED) is 0.647. The molecular formula is C23H38N4S. The first-order valence-electron chi connectivity index (χ1n) is 10.3. The lowest BCUT2D eigenvalue weighted by Crippen LogP contribution is -2.55. The number of fused-ring (bicyclic) bond motifs is 1. The summed E-state index contributed by atoms with van der Waals surface area (Å²) < 4.78 is 0. The average Bonchev–Trinajstić information content (AvgIpc) is 2.97. The van der Waals surface area contributed by atoms with Gasteiger partial charge >= 0.3 is 0 Å². The Morgan fingerprint density at radius 1 is 1.04 bits per heavy atom. The molecule has 1 aromatic carbocycles. The minimum atomic E-state index is 0.294. The zero-order chi connectivity index (χ0) is 21.2.